The van der Waals surface area contributed by atoms with Crippen molar-refractivity contribution in [2.45, 2.75) is 53.1 Å². The van der Waals surface area contributed by atoms with Crippen LogP contribution < -0.4 is 9.67 Å². The summed E-state index contributed by atoms with van der Waals surface area (Å²) in [6.07, 6.45) is 7.98. The van der Waals surface area contributed by atoms with Crippen molar-refractivity contribution in [1.82, 2.24) is 4.57 Å². The smallest absolute Gasteiger partial charge is 0.256 e. The third-order valence-electron chi connectivity index (χ3n) is 2.33. The Hall–Kier alpha value is -1.32. The van der Waals surface area contributed by atoms with Crippen LogP contribution >= 0.6 is 0 Å². The molecule has 0 unspecified atom stereocenters. The van der Waals surface area contributed by atoms with Crippen molar-refractivity contribution in [2.75, 3.05) is 0 Å². The van der Waals surface area contributed by atoms with E-state index in [1.165, 1.54) is 18.7 Å². The van der Waals surface area contributed by atoms with Crippen LogP contribution in [0.15, 0.2) is 12.4 Å². The molecule has 1 heterocycles. The summed E-state index contributed by atoms with van der Waals surface area (Å²) >= 11 is 0. The highest BCUT2D eigenvalue weighted by atomic mass is 16.3. The van der Waals surface area contributed by atoms with E-state index in [0.717, 1.165) is 19.5 Å². The molecule has 0 bridgehead atoms. The molecule has 0 radical (unpaired) electrons. The lowest BCUT2D eigenvalue weighted by molar-refractivity contribution is -0.703. The molecule has 0 N–H and O–H groups in total. The van der Waals surface area contributed by atoms with Crippen LogP contribution in [0, 0.1) is 0 Å². The van der Waals surface area contributed by atoms with Gasteiger partial charge in [0.05, 0.1) is 13.1 Å². The van der Waals surface area contributed by atoms with E-state index in [-0.39, 0.29) is 0 Å². The zero-order valence-electron chi connectivity index (χ0n) is 10.5. The fourth-order valence-corrected chi connectivity index (χ4v) is 1.79. The minimum atomic E-state index is -0.500. The van der Waals surface area contributed by atoms with Crippen LogP contribution in [0.5, 0.6) is 0 Å². The van der Waals surface area contributed by atoms with Crippen molar-refractivity contribution >= 4 is 6.47 Å². The van der Waals surface area contributed by atoms with Crippen molar-refractivity contribution in [2.24, 2.45) is 0 Å². The monoisotopic (exact) mass is 226 g/mol. The van der Waals surface area contributed by atoms with Crippen molar-refractivity contribution in [3.05, 3.63) is 18.2 Å². The molecule has 1 aromatic heterocycles. The maximum atomic E-state index is 8.25. The van der Waals surface area contributed by atoms with Gasteiger partial charge < -0.3 is 9.90 Å². The van der Waals surface area contributed by atoms with E-state index in [9.17, 15) is 0 Å². The van der Waals surface area contributed by atoms with Gasteiger partial charge in [0, 0.05) is 12.9 Å². The lowest BCUT2D eigenvalue weighted by atomic mass is 10.4. The Morgan fingerprint density at radius 3 is 2.44 bits per heavy atom. The molecule has 4 heteroatoms. The molecule has 0 saturated heterocycles. The highest BCUT2D eigenvalue weighted by Gasteiger charge is 2.12. The number of carboxylic acid groups (broad SMARTS) is 1. The van der Waals surface area contributed by atoms with E-state index in [1.807, 2.05) is 0 Å². The Morgan fingerprint density at radius 2 is 2.00 bits per heavy atom. The Kier molecular flexibility index (Phi) is 8.21. The maximum Gasteiger partial charge on any atom is 0.256 e. The number of carbonyl (C=O) groups excluding carboxylic acids is 1. The predicted molar refractivity (Wildman–Crippen MR) is 60.7 cm³/mol. The number of hydrogen-bond acceptors (Lipinski definition) is 2. The summed E-state index contributed by atoms with van der Waals surface area (Å²) in [6, 6.07) is 0. The standard InChI is InChI=1S/C11H21N2.CH2O2/c1-4-7-12-9-10-13(8-5-2)11(12)6-3;2-1-3/h9-10H,4-8H2,1-3H3;1H,(H,2,3)/q+1;/p-1. The number of aromatic nitrogens is 2. The first kappa shape index (κ1) is 14.7. The van der Waals surface area contributed by atoms with Gasteiger partial charge in [0.15, 0.2) is 0 Å². The summed E-state index contributed by atoms with van der Waals surface area (Å²) in [5, 5.41) is 8.25. The minimum Gasteiger partial charge on any atom is -0.554 e. The molecule has 0 aliphatic rings. The zero-order valence-corrected chi connectivity index (χ0v) is 10.5. The summed E-state index contributed by atoms with van der Waals surface area (Å²) in [6.45, 7) is 8.49. The number of rotatable bonds is 5. The topological polar surface area (TPSA) is 48.9 Å². The quantitative estimate of drug-likeness (QED) is 0.543. The van der Waals surface area contributed by atoms with Crippen LogP contribution in [-0.2, 0) is 24.3 Å². The zero-order chi connectivity index (χ0) is 12.4. The Bertz CT molecular complexity index is 272. The first-order chi connectivity index (χ1) is 7.74. The third kappa shape index (κ3) is 4.47. The molecule has 0 fully saturated rings. The second kappa shape index (κ2) is 8.95. The van der Waals surface area contributed by atoms with Gasteiger partial charge in [-0.25, -0.2) is 9.13 Å². The summed E-state index contributed by atoms with van der Waals surface area (Å²) in [7, 11) is 0. The van der Waals surface area contributed by atoms with Crippen LogP contribution in [-0.4, -0.2) is 11.0 Å². The number of imidazole rings is 1. The van der Waals surface area contributed by atoms with E-state index in [4.69, 9.17) is 9.90 Å². The van der Waals surface area contributed by atoms with Crippen molar-refractivity contribution in [1.29, 1.82) is 0 Å². The molecule has 0 spiro atoms. The van der Waals surface area contributed by atoms with Gasteiger partial charge >= 0.3 is 0 Å². The fraction of sp³-hybridized carbons (Fsp3) is 0.667. The van der Waals surface area contributed by atoms with Gasteiger partial charge in [-0.2, -0.15) is 0 Å². The lowest BCUT2D eigenvalue weighted by Crippen LogP contribution is -2.36. The van der Waals surface area contributed by atoms with E-state index in [0.29, 0.717) is 0 Å². The van der Waals surface area contributed by atoms with Crippen LogP contribution in [0.3, 0.4) is 0 Å². The Morgan fingerprint density at radius 1 is 1.38 bits per heavy atom. The van der Waals surface area contributed by atoms with Crippen LogP contribution in [0.1, 0.15) is 39.4 Å². The average molecular weight is 226 g/mol. The molecule has 0 saturated carbocycles. The Labute approximate surface area is 97.5 Å². The second-order valence-electron chi connectivity index (χ2n) is 3.55. The summed E-state index contributed by atoms with van der Waals surface area (Å²) in [5.41, 5.74) is 0. The Balaban J connectivity index is 0.000000673. The number of aryl methyl sites for hydroxylation is 2. The van der Waals surface area contributed by atoms with Crippen molar-refractivity contribution in [3.63, 3.8) is 0 Å². The SMILES string of the molecule is CCCn1cc[n+](CCC)c1CC.O=C[O-]. The van der Waals surface area contributed by atoms with Gasteiger partial charge in [-0.15, -0.1) is 0 Å². The van der Waals surface area contributed by atoms with Gasteiger partial charge in [0.1, 0.15) is 12.4 Å². The second-order valence-corrected chi connectivity index (χ2v) is 3.55. The fourth-order valence-electron chi connectivity index (χ4n) is 1.79. The highest BCUT2D eigenvalue weighted by Crippen LogP contribution is 1.99. The molecule has 1 rings (SSSR count). The van der Waals surface area contributed by atoms with Gasteiger partial charge in [-0.05, 0) is 12.8 Å². The molecule has 92 valence electrons. The van der Waals surface area contributed by atoms with Crippen LogP contribution in [0.4, 0.5) is 0 Å². The van der Waals surface area contributed by atoms with Gasteiger partial charge in [0.25, 0.3) is 5.82 Å². The summed E-state index contributed by atoms with van der Waals surface area (Å²) in [5.74, 6) is 1.46. The van der Waals surface area contributed by atoms with Gasteiger partial charge in [-0.3, -0.25) is 0 Å². The summed E-state index contributed by atoms with van der Waals surface area (Å²) in [4.78, 5) is 8.25. The van der Waals surface area contributed by atoms with Crippen LogP contribution in [0.25, 0.3) is 0 Å². The highest BCUT2D eigenvalue weighted by molar-refractivity contribution is 5.29. The maximum absolute atomic E-state index is 8.25. The molecule has 0 aliphatic carbocycles. The van der Waals surface area contributed by atoms with Gasteiger partial charge in [0.2, 0.25) is 0 Å². The minimum absolute atomic E-state index is 0.500. The molecule has 0 atom stereocenters. The molecule has 4 nitrogen and oxygen atoms in total. The normalized spacial score (nSPS) is 9.44. The molecular weight excluding hydrogens is 204 g/mol. The van der Waals surface area contributed by atoms with E-state index >= 15 is 0 Å². The molecule has 1 aromatic rings. The van der Waals surface area contributed by atoms with E-state index < -0.39 is 6.47 Å². The van der Waals surface area contributed by atoms with Crippen molar-refractivity contribution in [3.8, 4) is 0 Å². The van der Waals surface area contributed by atoms with Crippen molar-refractivity contribution < 1.29 is 14.5 Å². The molecule has 16 heavy (non-hydrogen) atoms. The summed E-state index contributed by atoms with van der Waals surface area (Å²) < 4.78 is 4.74. The number of hydrogen-bond donors (Lipinski definition) is 0. The average Bonchev–Trinajstić information content (AvgIpc) is 2.63. The van der Waals surface area contributed by atoms with Crippen LogP contribution in [0.2, 0.25) is 0 Å². The lowest BCUT2D eigenvalue weighted by Gasteiger charge is -2.00. The number of nitrogens with zero attached hydrogens (tertiary/aromatic N) is 2. The molecule has 0 aromatic carbocycles. The van der Waals surface area contributed by atoms with Gasteiger partial charge in [-0.1, -0.05) is 20.8 Å². The molecular formula is C12H22N2O2. The van der Waals surface area contributed by atoms with E-state index in [2.05, 4.69) is 42.3 Å². The number of carbonyl (C=O) groups is 1. The third-order valence-corrected chi connectivity index (χ3v) is 2.33. The largest absolute Gasteiger partial charge is 0.554 e. The first-order valence-corrected chi connectivity index (χ1v) is 5.88. The predicted octanol–water partition coefficient (Wildman–Crippen LogP) is 0.524. The first-order valence-electron chi connectivity index (χ1n) is 5.88. The van der Waals surface area contributed by atoms with E-state index in [1.54, 1.807) is 0 Å². The molecule has 0 aliphatic heterocycles. The molecule has 0 amide bonds.